The molecule has 11 heteroatoms. The van der Waals surface area contributed by atoms with Gasteiger partial charge in [-0.1, -0.05) is 34.8 Å². The van der Waals surface area contributed by atoms with Crippen molar-refractivity contribution in [3.05, 3.63) is 57.3 Å². The first-order valence-electron chi connectivity index (χ1n) is 9.03. The molecular formula is C19H21Cl3N4O3S. The second-order valence-electron chi connectivity index (χ2n) is 6.97. The van der Waals surface area contributed by atoms with Crippen LogP contribution in [-0.4, -0.2) is 54.8 Å². The topological polar surface area (TPSA) is 78.2 Å². The second-order valence-corrected chi connectivity index (χ2v) is 9.72. The molecule has 0 amide bonds. The molecular weight excluding hydrogens is 471 g/mol. The highest BCUT2D eigenvalue weighted by Crippen LogP contribution is 2.30. The van der Waals surface area contributed by atoms with Crippen molar-refractivity contribution in [2.24, 2.45) is 0 Å². The van der Waals surface area contributed by atoms with Crippen molar-refractivity contribution in [1.82, 2.24) is 9.38 Å². The lowest BCUT2D eigenvalue weighted by molar-refractivity contribution is 0.490. The largest absolute Gasteiger partial charge is 0.367 e. The maximum Gasteiger partial charge on any atom is 0.261 e. The third kappa shape index (κ3) is 5.92. The summed E-state index contributed by atoms with van der Waals surface area (Å²) < 4.78 is 27.9. The fourth-order valence-electron chi connectivity index (χ4n) is 3.28. The second kappa shape index (κ2) is 9.20. The van der Waals surface area contributed by atoms with Crippen LogP contribution in [-0.2, 0) is 10.1 Å². The first kappa shape index (κ1) is 23.0. The molecule has 1 aliphatic rings. The van der Waals surface area contributed by atoms with Gasteiger partial charge in [0.2, 0.25) is 0 Å². The summed E-state index contributed by atoms with van der Waals surface area (Å²) in [6.45, 7) is 5.56. The lowest BCUT2D eigenvalue weighted by atomic mass is 10.2. The van der Waals surface area contributed by atoms with Gasteiger partial charge in [0.25, 0.3) is 10.1 Å². The number of imidazole rings is 1. The Kier molecular flexibility index (Phi) is 7.04. The molecule has 1 fully saturated rings. The summed E-state index contributed by atoms with van der Waals surface area (Å²) >= 11 is 18.5. The molecule has 1 N–H and O–H groups in total. The molecule has 3 aromatic rings. The van der Waals surface area contributed by atoms with Gasteiger partial charge < -0.3 is 14.2 Å². The predicted octanol–water partition coefficient (Wildman–Crippen LogP) is 4.43. The molecule has 0 saturated carbocycles. The average molecular weight is 492 g/mol. The zero-order valence-corrected chi connectivity index (χ0v) is 19.5. The number of rotatable bonds is 2. The number of aromatic nitrogens is 2. The molecule has 1 aliphatic heterocycles. The van der Waals surface area contributed by atoms with E-state index in [0.29, 0.717) is 16.3 Å². The molecule has 2 aromatic heterocycles. The van der Waals surface area contributed by atoms with E-state index < -0.39 is 10.1 Å². The Morgan fingerprint density at radius 3 is 2.17 bits per heavy atom. The summed E-state index contributed by atoms with van der Waals surface area (Å²) in [5, 5.41) is 2.07. The van der Waals surface area contributed by atoms with E-state index in [1.165, 1.54) is 0 Å². The van der Waals surface area contributed by atoms with Crippen LogP contribution in [0.25, 0.3) is 5.65 Å². The van der Waals surface area contributed by atoms with Crippen molar-refractivity contribution in [3.8, 4) is 0 Å². The maximum atomic E-state index is 9.19. The van der Waals surface area contributed by atoms with Crippen LogP contribution in [0.3, 0.4) is 0 Å². The lowest BCUT2D eigenvalue weighted by Crippen LogP contribution is -2.46. The standard InChI is InChI=1S/C18H17Cl3N4.CH4O3S/c1-12-8-14(20)10-25-11-17(22-18(12)25)24-6-4-23(5-7-24)16-3-2-13(19)9-15(16)21;1-5(2,3)4/h2-3,8-11H,4-7H2,1H3;1H3,(H,2,3,4). The van der Waals surface area contributed by atoms with E-state index in [-0.39, 0.29) is 0 Å². The van der Waals surface area contributed by atoms with Crippen molar-refractivity contribution in [1.29, 1.82) is 0 Å². The Bertz CT molecular complexity index is 1150. The Labute approximate surface area is 190 Å². The molecule has 30 heavy (non-hydrogen) atoms. The molecule has 7 nitrogen and oxygen atoms in total. The predicted molar refractivity (Wildman–Crippen MR) is 123 cm³/mol. The van der Waals surface area contributed by atoms with Crippen molar-refractivity contribution in [3.63, 3.8) is 0 Å². The average Bonchev–Trinajstić information content (AvgIpc) is 3.05. The number of anilines is 2. The molecule has 0 unspecified atom stereocenters. The molecule has 162 valence electrons. The molecule has 0 aliphatic carbocycles. The number of halogens is 3. The normalized spacial score (nSPS) is 14.6. The van der Waals surface area contributed by atoms with Crippen molar-refractivity contribution in [2.45, 2.75) is 6.92 Å². The highest BCUT2D eigenvalue weighted by molar-refractivity contribution is 7.85. The Balaban J connectivity index is 0.000000461. The van der Waals surface area contributed by atoms with Gasteiger partial charge in [-0.25, -0.2) is 4.98 Å². The highest BCUT2D eigenvalue weighted by Gasteiger charge is 2.21. The van der Waals surface area contributed by atoms with Crippen LogP contribution >= 0.6 is 34.8 Å². The Morgan fingerprint density at radius 2 is 1.57 bits per heavy atom. The van der Waals surface area contributed by atoms with E-state index >= 15 is 0 Å². The van der Waals surface area contributed by atoms with Crippen LogP contribution in [0.15, 0.2) is 36.7 Å². The van der Waals surface area contributed by atoms with E-state index in [2.05, 4.69) is 9.80 Å². The van der Waals surface area contributed by atoms with Crippen LogP contribution in [0.1, 0.15) is 5.56 Å². The highest BCUT2D eigenvalue weighted by atomic mass is 35.5. The number of piperazine rings is 1. The summed E-state index contributed by atoms with van der Waals surface area (Å²) in [7, 11) is -3.67. The van der Waals surface area contributed by atoms with E-state index in [0.717, 1.165) is 53.9 Å². The summed E-state index contributed by atoms with van der Waals surface area (Å²) in [5.74, 6) is 0.979. The monoisotopic (exact) mass is 490 g/mol. The number of hydrogen-bond donors (Lipinski definition) is 1. The number of pyridine rings is 1. The van der Waals surface area contributed by atoms with Gasteiger partial charge in [-0.15, -0.1) is 0 Å². The SMILES string of the molecule is CS(=O)(=O)O.Cc1cc(Cl)cn2cc(N3CCN(c4ccc(Cl)cc4Cl)CC3)nc12. The minimum Gasteiger partial charge on any atom is -0.367 e. The first-order chi connectivity index (χ1) is 14.0. The summed E-state index contributed by atoms with van der Waals surface area (Å²) in [4.78, 5) is 9.35. The number of fused-ring (bicyclic) bond motifs is 1. The van der Waals surface area contributed by atoms with Gasteiger partial charge in [0, 0.05) is 37.4 Å². The maximum absolute atomic E-state index is 9.19. The van der Waals surface area contributed by atoms with Gasteiger partial charge in [-0.05, 0) is 36.8 Å². The molecule has 1 aromatic carbocycles. The number of benzene rings is 1. The third-order valence-corrected chi connectivity index (χ3v) is 5.29. The van der Waals surface area contributed by atoms with Gasteiger partial charge in [0.05, 0.1) is 28.2 Å². The minimum atomic E-state index is -3.67. The van der Waals surface area contributed by atoms with Crippen LogP contribution in [0.4, 0.5) is 11.5 Å². The van der Waals surface area contributed by atoms with Gasteiger partial charge in [-0.2, -0.15) is 8.42 Å². The van der Waals surface area contributed by atoms with Crippen molar-refractivity contribution >= 4 is 62.1 Å². The zero-order valence-electron chi connectivity index (χ0n) is 16.4. The fraction of sp³-hybridized carbons (Fsp3) is 0.316. The minimum absolute atomic E-state index is 0.658. The number of aryl methyl sites for hydroxylation is 1. The Morgan fingerprint density at radius 1 is 0.967 bits per heavy atom. The molecule has 0 atom stereocenters. The zero-order chi connectivity index (χ0) is 22.1. The quantitative estimate of drug-likeness (QED) is 0.534. The first-order valence-corrected chi connectivity index (χ1v) is 12.0. The summed E-state index contributed by atoms with van der Waals surface area (Å²) in [6.07, 6.45) is 4.65. The fourth-order valence-corrected chi connectivity index (χ4v) is 4.08. The summed E-state index contributed by atoms with van der Waals surface area (Å²) in [6, 6.07) is 7.59. The van der Waals surface area contributed by atoms with Crippen molar-refractivity contribution in [2.75, 3.05) is 42.2 Å². The molecule has 0 bridgehead atoms. The van der Waals surface area contributed by atoms with E-state index in [4.69, 9.17) is 44.3 Å². The molecule has 0 radical (unpaired) electrons. The van der Waals surface area contributed by atoms with Crippen LogP contribution in [0.5, 0.6) is 0 Å². The molecule has 1 saturated heterocycles. The molecule has 0 spiro atoms. The van der Waals surface area contributed by atoms with Gasteiger partial charge in [0.15, 0.2) is 0 Å². The van der Waals surface area contributed by atoms with Gasteiger partial charge in [0.1, 0.15) is 11.5 Å². The molecule has 4 rings (SSSR count). The van der Waals surface area contributed by atoms with E-state index in [1.54, 1.807) is 6.07 Å². The lowest BCUT2D eigenvalue weighted by Gasteiger charge is -2.36. The van der Waals surface area contributed by atoms with E-state index in [9.17, 15) is 8.42 Å². The third-order valence-electron chi connectivity index (χ3n) is 4.54. The summed E-state index contributed by atoms with van der Waals surface area (Å²) in [5.41, 5.74) is 3.05. The van der Waals surface area contributed by atoms with E-state index in [1.807, 2.05) is 41.9 Å². The number of nitrogens with zero attached hydrogens (tertiary/aromatic N) is 4. The number of hydrogen-bond acceptors (Lipinski definition) is 5. The van der Waals surface area contributed by atoms with Gasteiger partial charge in [-0.3, -0.25) is 4.55 Å². The smallest absolute Gasteiger partial charge is 0.261 e. The van der Waals surface area contributed by atoms with Crippen molar-refractivity contribution < 1.29 is 13.0 Å². The Hall–Kier alpha value is -1.71. The molecule has 3 heterocycles. The van der Waals surface area contributed by atoms with Gasteiger partial charge >= 0.3 is 0 Å². The van der Waals surface area contributed by atoms with Crippen LogP contribution < -0.4 is 9.80 Å². The van der Waals surface area contributed by atoms with Crippen LogP contribution in [0.2, 0.25) is 15.1 Å². The van der Waals surface area contributed by atoms with Crippen LogP contribution in [0, 0.1) is 6.92 Å².